The molecule has 0 radical (unpaired) electrons. The molecule has 1 aliphatic rings. The smallest absolute Gasteiger partial charge is 0.132 e. The van der Waals surface area contributed by atoms with E-state index in [4.69, 9.17) is 10.5 Å². The number of halogens is 1. The SMILES string of the molecule is NCC1=C(c2ccccc2)C(C=O)c2cc(Br)ccc2O1. The Labute approximate surface area is 131 Å². The molecule has 0 saturated carbocycles. The number of fused-ring (bicyclic) bond motifs is 1. The summed E-state index contributed by atoms with van der Waals surface area (Å²) in [6.45, 7) is 0.254. The maximum Gasteiger partial charge on any atom is 0.132 e. The van der Waals surface area contributed by atoms with Crippen molar-refractivity contribution in [1.29, 1.82) is 0 Å². The Kier molecular flexibility index (Phi) is 3.90. The molecule has 0 aromatic heterocycles. The highest BCUT2D eigenvalue weighted by molar-refractivity contribution is 9.10. The predicted molar refractivity (Wildman–Crippen MR) is 86.0 cm³/mol. The third-order valence-corrected chi connectivity index (χ3v) is 4.05. The summed E-state index contributed by atoms with van der Waals surface area (Å²) in [6.07, 6.45) is 0.950. The third-order valence-electron chi connectivity index (χ3n) is 3.56. The van der Waals surface area contributed by atoms with Gasteiger partial charge in [-0.15, -0.1) is 0 Å². The Morgan fingerprint density at radius 2 is 1.95 bits per heavy atom. The van der Waals surface area contributed by atoms with Crippen molar-refractivity contribution < 1.29 is 9.53 Å². The van der Waals surface area contributed by atoms with E-state index in [-0.39, 0.29) is 12.5 Å². The normalized spacial score (nSPS) is 17.1. The van der Waals surface area contributed by atoms with Gasteiger partial charge >= 0.3 is 0 Å². The molecule has 3 rings (SSSR count). The number of nitrogens with two attached hydrogens (primary N) is 1. The zero-order valence-corrected chi connectivity index (χ0v) is 12.8. The first-order chi connectivity index (χ1) is 10.2. The Balaban J connectivity index is 2.20. The molecule has 0 amide bonds. The van der Waals surface area contributed by atoms with Crippen LogP contribution in [0.3, 0.4) is 0 Å². The van der Waals surface area contributed by atoms with Crippen molar-refractivity contribution in [3.05, 3.63) is 69.9 Å². The van der Waals surface area contributed by atoms with Crippen LogP contribution in [0.25, 0.3) is 5.57 Å². The van der Waals surface area contributed by atoms with Crippen molar-refractivity contribution in [3.8, 4) is 5.75 Å². The van der Waals surface area contributed by atoms with Crippen molar-refractivity contribution in [2.75, 3.05) is 6.54 Å². The van der Waals surface area contributed by atoms with E-state index in [1.165, 1.54) is 0 Å². The molecule has 2 aromatic carbocycles. The molecule has 106 valence electrons. The minimum Gasteiger partial charge on any atom is -0.460 e. The molecule has 1 aliphatic heterocycles. The Morgan fingerprint density at radius 1 is 1.19 bits per heavy atom. The molecule has 0 fully saturated rings. The maximum absolute atomic E-state index is 11.7. The van der Waals surface area contributed by atoms with Gasteiger partial charge < -0.3 is 15.3 Å². The van der Waals surface area contributed by atoms with Crippen molar-refractivity contribution in [1.82, 2.24) is 0 Å². The minimum absolute atomic E-state index is 0.254. The van der Waals surface area contributed by atoms with Crippen LogP contribution >= 0.6 is 15.9 Å². The van der Waals surface area contributed by atoms with Crippen LogP contribution in [0, 0.1) is 0 Å². The summed E-state index contributed by atoms with van der Waals surface area (Å²) in [6, 6.07) is 15.4. The summed E-state index contributed by atoms with van der Waals surface area (Å²) in [4.78, 5) is 11.7. The molecule has 1 atom stereocenters. The number of hydrogen-bond acceptors (Lipinski definition) is 3. The topological polar surface area (TPSA) is 52.3 Å². The van der Waals surface area contributed by atoms with Crippen LogP contribution in [0.2, 0.25) is 0 Å². The fraction of sp³-hybridized carbons (Fsp3) is 0.118. The van der Waals surface area contributed by atoms with E-state index in [0.29, 0.717) is 11.5 Å². The van der Waals surface area contributed by atoms with E-state index in [9.17, 15) is 4.79 Å². The number of hydrogen-bond donors (Lipinski definition) is 1. The lowest BCUT2D eigenvalue weighted by Gasteiger charge is -2.28. The second kappa shape index (κ2) is 5.84. The van der Waals surface area contributed by atoms with Gasteiger partial charge in [0.2, 0.25) is 0 Å². The highest BCUT2D eigenvalue weighted by Crippen LogP contribution is 2.43. The molecule has 2 aromatic rings. The van der Waals surface area contributed by atoms with Crippen LogP contribution in [0.5, 0.6) is 5.75 Å². The largest absolute Gasteiger partial charge is 0.460 e. The monoisotopic (exact) mass is 343 g/mol. The van der Waals surface area contributed by atoms with Crippen molar-refractivity contribution >= 4 is 27.8 Å². The van der Waals surface area contributed by atoms with Crippen LogP contribution < -0.4 is 10.5 Å². The van der Waals surface area contributed by atoms with Crippen LogP contribution in [0.15, 0.2) is 58.8 Å². The van der Waals surface area contributed by atoms with E-state index in [1.807, 2.05) is 48.5 Å². The van der Waals surface area contributed by atoms with Gasteiger partial charge in [-0.25, -0.2) is 0 Å². The van der Waals surface area contributed by atoms with Gasteiger partial charge in [-0.05, 0) is 23.8 Å². The van der Waals surface area contributed by atoms with Gasteiger partial charge in [0.15, 0.2) is 0 Å². The first kappa shape index (κ1) is 14.0. The molecule has 1 heterocycles. The zero-order chi connectivity index (χ0) is 14.8. The number of carbonyl (C=O) groups excluding carboxylic acids is 1. The minimum atomic E-state index is -0.368. The fourth-order valence-electron chi connectivity index (χ4n) is 2.62. The van der Waals surface area contributed by atoms with Gasteiger partial charge in [-0.1, -0.05) is 46.3 Å². The second-order valence-electron chi connectivity index (χ2n) is 4.80. The number of carbonyl (C=O) groups is 1. The summed E-state index contributed by atoms with van der Waals surface area (Å²) < 4.78 is 6.83. The van der Waals surface area contributed by atoms with Gasteiger partial charge in [-0.3, -0.25) is 0 Å². The predicted octanol–water partition coefficient (Wildman–Crippen LogP) is 3.49. The van der Waals surface area contributed by atoms with Gasteiger partial charge in [0.25, 0.3) is 0 Å². The lowest BCUT2D eigenvalue weighted by atomic mass is 9.84. The number of benzene rings is 2. The van der Waals surface area contributed by atoms with E-state index in [1.54, 1.807) is 0 Å². The first-order valence-corrected chi connectivity index (χ1v) is 7.45. The molecule has 1 unspecified atom stereocenters. The Hall–Kier alpha value is -1.91. The van der Waals surface area contributed by atoms with Gasteiger partial charge in [-0.2, -0.15) is 0 Å². The summed E-state index contributed by atoms with van der Waals surface area (Å²) in [5.74, 6) is 0.968. The summed E-state index contributed by atoms with van der Waals surface area (Å²) >= 11 is 3.44. The highest BCUT2D eigenvalue weighted by atomic mass is 79.9. The van der Waals surface area contributed by atoms with E-state index in [2.05, 4.69) is 15.9 Å². The number of aldehydes is 1. The Bertz CT molecular complexity index is 710. The van der Waals surface area contributed by atoms with Crippen LogP contribution in [-0.4, -0.2) is 12.8 Å². The zero-order valence-electron chi connectivity index (χ0n) is 11.3. The second-order valence-corrected chi connectivity index (χ2v) is 5.72. The molecular formula is C17H14BrNO2. The van der Waals surface area contributed by atoms with Gasteiger partial charge in [0.1, 0.15) is 17.8 Å². The van der Waals surface area contributed by atoms with Crippen LogP contribution in [-0.2, 0) is 4.79 Å². The van der Waals surface area contributed by atoms with E-state index >= 15 is 0 Å². The lowest BCUT2D eigenvalue weighted by Crippen LogP contribution is -2.21. The maximum atomic E-state index is 11.7. The fourth-order valence-corrected chi connectivity index (χ4v) is 3.00. The summed E-state index contributed by atoms with van der Waals surface area (Å²) in [7, 11) is 0. The molecule has 2 N–H and O–H groups in total. The molecule has 0 bridgehead atoms. The molecule has 0 aliphatic carbocycles. The van der Waals surface area contributed by atoms with Crippen molar-refractivity contribution in [2.24, 2.45) is 5.73 Å². The van der Waals surface area contributed by atoms with Gasteiger partial charge in [0.05, 0.1) is 12.5 Å². The number of rotatable bonds is 3. The van der Waals surface area contributed by atoms with Crippen molar-refractivity contribution in [2.45, 2.75) is 5.92 Å². The van der Waals surface area contributed by atoms with Gasteiger partial charge in [0, 0.05) is 15.6 Å². The average Bonchev–Trinajstić information content (AvgIpc) is 2.53. The standard InChI is InChI=1S/C17H14BrNO2/c18-12-6-7-15-13(8-12)14(10-20)17(16(9-19)21-15)11-4-2-1-3-5-11/h1-8,10,14H,9,19H2. The molecule has 0 spiro atoms. The summed E-state index contributed by atoms with van der Waals surface area (Å²) in [5, 5.41) is 0. The van der Waals surface area contributed by atoms with Crippen molar-refractivity contribution in [3.63, 3.8) is 0 Å². The Morgan fingerprint density at radius 3 is 2.62 bits per heavy atom. The molecular weight excluding hydrogens is 330 g/mol. The third kappa shape index (κ3) is 2.52. The van der Waals surface area contributed by atoms with E-state index in [0.717, 1.165) is 27.5 Å². The number of allylic oxidation sites excluding steroid dienone is 1. The van der Waals surface area contributed by atoms with Crippen LogP contribution in [0.4, 0.5) is 0 Å². The lowest BCUT2D eigenvalue weighted by molar-refractivity contribution is -0.108. The average molecular weight is 344 g/mol. The number of ether oxygens (including phenoxy) is 1. The summed E-state index contributed by atoms with van der Waals surface area (Å²) in [5.41, 5.74) is 8.49. The highest BCUT2D eigenvalue weighted by Gasteiger charge is 2.30. The first-order valence-electron chi connectivity index (χ1n) is 6.65. The van der Waals surface area contributed by atoms with Crippen LogP contribution in [0.1, 0.15) is 17.0 Å². The van der Waals surface area contributed by atoms with E-state index < -0.39 is 0 Å². The molecule has 4 heteroatoms. The quantitative estimate of drug-likeness (QED) is 0.867. The molecule has 3 nitrogen and oxygen atoms in total. The molecule has 21 heavy (non-hydrogen) atoms. The molecule has 0 saturated heterocycles.